The first-order chi connectivity index (χ1) is 16.9. The number of nitrogens with zero attached hydrogens (tertiary/aromatic N) is 5. The fraction of sp³-hybridized carbons (Fsp3) is 0.292. The van der Waals surface area contributed by atoms with E-state index in [1.165, 1.54) is 16.8 Å². The Morgan fingerprint density at radius 1 is 1.06 bits per heavy atom. The Bertz CT molecular complexity index is 1230. The number of halogens is 2. The molecule has 2 aromatic carbocycles. The largest absolute Gasteiger partial charge is 0.497 e. The Morgan fingerprint density at radius 3 is 2.40 bits per heavy atom. The van der Waals surface area contributed by atoms with Gasteiger partial charge in [0.1, 0.15) is 11.3 Å². The lowest BCUT2D eigenvalue weighted by molar-refractivity contribution is 0.0932. The molecule has 1 fully saturated rings. The number of carbonyl (C=O) groups excluding carboxylic acids is 1. The molecule has 3 heterocycles. The number of methoxy groups -OCH3 is 1. The van der Waals surface area contributed by atoms with Gasteiger partial charge in [0.25, 0.3) is 5.91 Å². The third kappa shape index (κ3) is 4.93. The topological polar surface area (TPSA) is 83.1 Å². The van der Waals surface area contributed by atoms with Crippen molar-refractivity contribution >= 4 is 60.8 Å². The molecule has 1 amide bonds. The molecule has 1 aromatic heterocycles. The number of benzene rings is 2. The zero-order valence-electron chi connectivity index (χ0n) is 19.3. The number of ether oxygens (including phenoxy) is 2. The van der Waals surface area contributed by atoms with E-state index in [1.807, 2.05) is 12.1 Å². The number of amides is 1. The molecule has 0 radical (unpaired) electrons. The molecular formula is C24H24Br2N6O3. The van der Waals surface area contributed by atoms with E-state index in [4.69, 9.17) is 9.47 Å². The molecule has 0 saturated carbocycles. The predicted octanol–water partition coefficient (Wildman–Crippen LogP) is 4.50. The van der Waals surface area contributed by atoms with Crippen molar-refractivity contribution in [2.24, 2.45) is 0 Å². The maximum Gasteiger partial charge on any atom is 0.268 e. The number of likely N-dealkylation sites (N-methyl/N-ethyl adjacent to an activating group) is 1. The van der Waals surface area contributed by atoms with Crippen molar-refractivity contribution in [2.45, 2.75) is 0 Å². The smallest absolute Gasteiger partial charge is 0.268 e. The summed E-state index contributed by atoms with van der Waals surface area (Å²) >= 11 is 7.04. The molecule has 2 aliphatic heterocycles. The van der Waals surface area contributed by atoms with E-state index in [2.05, 4.69) is 76.1 Å². The molecular weight excluding hydrogens is 580 g/mol. The maximum absolute atomic E-state index is 13.2. The fourth-order valence-electron chi connectivity index (χ4n) is 4.05. The van der Waals surface area contributed by atoms with Gasteiger partial charge in [-0.25, -0.2) is 4.98 Å². The number of nitrogens with one attached hydrogen (secondary N) is 1. The van der Waals surface area contributed by atoms with Crippen LogP contribution in [0.3, 0.4) is 0 Å². The van der Waals surface area contributed by atoms with E-state index in [0.717, 1.165) is 31.9 Å². The quantitative estimate of drug-likeness (QED) is 0.456. The lowest BCUT2D eigenvalue weighted by Gasteiger charge is -2.34. The van der Waals surface area contributed by atoms with Gasteiger partial charge in [-0.1, -0.05) is 0 Å². The van der Waals surface area contributed by atoms with Crippen LogP contribution >= 0.6 is 31.9 Å². The fourth-order valence-corrected chi connectivity index (χ4v) is 5.62. The molecule has 1 N–H and O–H groups in total. The Balaban J connectivity index is 1.30. The third-order valence-electron chi connectivity index (χ3n) is 6.05. The lowest BCUT2D eigenvalue weighted by atomic mass is 10.2. The van der Waals surface area contributed by atoms with Crippen molar-refractivity contribution in [3.63, 3.8) is 0 Å². The van der Waals surface area contributed by atoms with Crippen LogP contribution in [0.15, 0.2) is 51.5 Å². The summed E-state index contributed by atoms with van der Waals surface area (Å²) in [6.07, 6.45) is 1.49. The van der Waals surface area contributed by atoms with Crippen molar-refractivity contribution in [2.75, 3.05) is 62.2 Å². The van der Waals surface area contributed by atoms with Gasteiger partial charge in [0, 0.05) is 52.7 Å². The minimum Gasteiger partial charge on any atom is -0.497 e. The van der Waals surface area contributed by atoms with Crippen LogP contribution in [0.1, 0.15) is 10.4 Å². The van der Waals surface area contributed by atoms with Crippen molar-refractivity contribution in [3.8, 4) is 11.6 Å². The standard InChI is InChI=1S/C24H24Br2N6O3/c1-30-7-9-31(10-8-30)16-5-3-15(4-6-16)28-24-27-13-18-22(29-24)35-14-32(23(18)33)21-19(25)11-17(34-2)12-20(21)26/h3-6,11-13H,7-10,14H2,1-2H3,(H,27,28,29). The first-order valence-corrected chi connectivity index (χ1v) is 12.7. The summed E-state index contributed by atoms with van der Waals surface area (Å²) < 4.78 is 12.5. The van der Waals surface area contributed by atoms with Gasteiger partial charge >= 0.3 is 0 Å². The minimum absolute atomic E-state index is 0.0194. The number of hydrogen-bond donors (Lipinski definition) is 1. The first-order valence-electron chi connectivity index (χ1n) is 11.1. The molecule has 1 saturated heterocycles. The van der Waals surface area contributed by atoms with E-state index in [0.29, 0.717) is 31.9 Å². The SMILES string of the molecule is COc1cc(Br)c(N2COc3nc(Nc4ccc(N5CCN(C)CC5)cc4)ncc3C2=O)c(Br)c1. The van der Waals surface area contributed by atoms with Gasteiger partial charge in [-0.05, 0) is 75.3 Å². The van der Waals surface area contributed by atoms with Crippen LogP contribution in [0.25, 0.3) is 0 Å². The minimum atomic E-state index is -0.249. The van der Waals surface area contributed by atoms with Gasteiger partial charge in [-0.2, -0.15) is 4.98 Å². The number of hydrogen-bond acceptors (Lipinski definition) is 8. The van der Waals surface area contributed by atoms with E-state index in [9.17, 15) is 4.79 Å². The van der Waals surface area contributed by atoms with Gasteiger partial charge in [-0.3, -0.25) is 9.69 Å². The van der Waals surface area contributed by atoms with Crippen molar-refractivity contribution in [1.82, 2.24) is 14.9 Å². The number of anilines is 4. The van der Waals surface area contributed by atoms with Crippen LogP contribution in [0.4, 0.5) is 23.0 Å². The summed E-state index contributed by atoms with van der Waals surface area (Å²) in [6, 6.07) is 11.8. The van der Waals surface area contributed by atoms with Crippen molar-refractivity contribution < 1.29 is 14.3 Å². The number of piperazine rings is 1. The molecule has 182 valence electrons. The zero-order chi connectivity index (χ0) is 24.5. The van der Waals surface area contributed by atoms with Crippen LogP contribution in [-0.2, 0) is 0 Å². The number of aromatic nitrogens is 2. The van der Waals surface area contributed by atoms with Crippen molar-refractivity contribution in [3.05, 3.63) is 57.1 Å². The molecule has 0 atom stereocenters. The normalized spacial score (nSPS) is 16.1. The highest BCUT2D eigenvalue weighted by Gasteiger charge is 2.31. The molecule has 0 bridgehead atoms. The summed E-state index contributed by atoms with van der Waals surface area (Å²) in [5.74, 6) is 1.03. The Kier molecular flexibility index (Phi) is 6.81. The molecule has 3 aromatic rings. The average Bonchev–Trinajstić information content (AvgIpc) is 2.86. The maximum atomic E-state index is 13.2. The Labute approximate surface area is 220 Å². The molecule has 0 spiro atoms. The summed E-state index contributed by atoms with van der Waals surface area (Å²) in [5, 5.41) is 3.20. The summed E-state index contributed by atoms with van der Waals surface area (Å²) in [6.45, 7) is 4.18. The number of fused-ring (bicyclic) bond motifs is 1. The highest BCUT2D eigenvalue weighted by atomic mass is 79.9. The Morgan fingerprint density at radius 2 is 1.74 bits per heavy atom. The van der Waals surface area contributed by atoms with Gasteiger partial charge in [0.15, 0.2) is 6.73 Å². The van der Waals surface area contributed by atoms with Crippen LogP contribution in [0.5, 0.6) is 11.6 Å². The van der Waals surface area contributed by atoms with E-state index < -0.39 is 0 Å². The number of carbonyl (C=O) groups is 1. The van der Waals surface area contributed by atoms with Gasteiger partial charge in [0.05, 0.1) is 12.8 Å². The summed E-state index contributed by atoms with van der Waals surface area (Å²) in [7, 11) is 3.74. The average molecular weight is 604 g/mol. The second-order valence-electron chi connectivity index (χ2n) is 8.32. The second-order valence-corrected chi connectivity index (χ2v) is 10.0. The van der Waals surface area contributed by atoms with Gasteiger partial charge in [0.2, 0.25) is 11.8 Å². The summed E-state index contributed by atoms with van der Waals surface area (Å²) in [4.78, 5) is 28.2. The highest BCUT2D eigenvalue weighted by molar-refractivity contribution is 9.11. The molecule has 35 heavy (non-hydrogen) atoms. The second kappa shape index (κ2) is 10.00. The molecule has 9 nitrogen and oxygen atoms in total. The first kappa shape index (κ1) is 23.8. The van der Waals surface area contributed by atoms with Gasteiger partial charge in [-0.15, -0.1) is 0 Å². The monoisotopic (exact) mass is 602 g/mol. The van der Waals surface area contributed by atoms with Crippen LogP contribution < -0.4 is 24.6 Å². The predicted molar refractivity (Wildman–Crippen MR) is 142 cm³/mol. The molecule has 5 rings (SSSR count). The van der Waals surface area contributed by atoms with Crippen LogP contribution in [0, 0.1) is 0 Å². The number of rotatable bonds is 5. The van der Waals surface area contributed by atoms with E-state index in [-0.39, 0.29) is 18.5 Å². The Hall–Kier alpha value is -2.89. The van der Waals surface area contributed by atoms with E-state index >= 15 is 0 Å². The molecule has 11 heteroatoms. The molecule has 2 aliphatic rings. The van der Waals surface area contributed by atoms with Crippen LogP contribution in [-0.4, -0.2) is 67.8 Å². The van der Waals surface area contributed by atoms with E-state index in [1.54, 1.807) is 19.2 Å². The summed E-state index contributed by atoms with van der Waals surface area (Å²) in [5.41, 5.74) is 2.99. The van der Waals surface area contributed by atoms with Crippen molar-refractivity contribution in [1.29, 1.82) is 0 Å². The zero-order valence-corrected chi connectivity index (χ0v) is 22.5. The lowest BCUT2D eigenvalue weighted by Crippen LogP contribution is -2.44. The molecule has 0 aliphatic carbocycles. The highest BCUT2D eigenvalue weighted by Crippen LogP contribution is 2.40. The van der Waals surface area contributed by atoms with Crippen LogP contribution in [0.2, 0.25) is 0 Å². The van der Waals surface area contributed by atoms with Gasteiger partial charge < -0.3 is 24.6 Å². The molecule has 0 unspecified atom stereocenters. The third-order valence-corrected chi connectivity index (χ3v) is 7.26.